The van der Waals surface area contributed by atoms with Gasteiger partial charge in [0.2, 0.25) is 0 Å². The first kappa shape index (κ1) is 13.5. The maximum atomic E-state index is 4.25. The normalized spacial score (nSPS) is 22.4. The summed E-state index contributed by atoms with van der Waals surface area (Å²) in [6, 6.07) is 2.80. The summed E-state index contributed by atoms with van der Waals surface area (Å²) < 4.78 is 0. The van der Waals surface area contributed by atoms with Gasteiger partial charge < -0.3 is 5.32 Å². The SMILES string of the molecule is CCC1CCN(Cc2cnccc2C)CCCN1. The smallest absolute Gasteiger partial charge is 0.0315 e. The van der Waals surface area contributed by atoms with E-state index in [0.29, 0.717) is 6.04 Å². The minimum Gasteiger partial charge on any atom is -0.314 e. The summed E-state index contributed by atoms with van der Waals surface area (Å²) in [7, 11) is 0. The molecule has 3 nitrogen and oxygen atoms in total. The molecule has 1 aromatic heterocycles. The van der Waals surface area contributed by atoms with E-state index >= 15 is 0 Å². The van der Waals surface area contributed by atoms with E-state index in [4.69, 9.17) is 0 Å². The van der Waals surface area contributed by atoms with Crippen molar-refractivity contribution in [3.8, 4) is 0 Å². The van der Waals surface area contributed by atoms with E-state index in [-0.39, 0.29) is 0 Å². The maximum Gasteiger partial charge on any atom is 0.0315 e. The van der Waals surface area contributed by atoms with Crippen molar-refractivity contribution in [2.45, 2.75) is 45.7 Å². The van der Waals surface area contributed by atoms with Gasteiger partial charge in [0.25, 0.3) is 0 Å². The number of aromatic nitrogens is 1. The van der Waals surface area contributed by atoms with Crippen molar-refractivity contribution < 1.29 is 0 Å². The van der Waals surface area contributed by atoms with Gasteiger partial charge in [-0.3, -0.25) is 9.88 Å². The first-order valence-corrected chi connectivity index (χ1v) is 7.15. The first-order valence-electron chi connectivity index (χ1n) is 7.15. The van der Waals surface area contributed by atoms with E-state index in [1.54, 1.807) is 0 Å². The van der Waals surface area contributed by atoms with Crippen molar-refractivity contribution in [3.63, 3.8) is 0 Å². The average Bonchev–Trinajstić information content (AvgIpc) is 2.36. The Kier molecular flexibility index (Phi) is 5.14. The molecule has 0 aliphatic carbocycles. The van der Waals surface area contributed by atoms with Crippen LogP contribution in [-0.4, -0.2) is 35.6 Å². The molecule has 1 aromatic rings. The molecule has 2 rings (SSSR count). The van der Waals surface area contributed by atoms with Crippen molar-refractivity contribution in [3.05, 3.63) is 29.6 Å². The first-order chi connectivity index (χ1) is 8.79. The largest absolute Gasteiger partial charge is 0.314 e. The van der Waals surface area contributed by atoms with Crippen LogP contribution in [0.5, 0.6) is 0 Å². The van der Waals surface area contributed by atoms with Crippen molar-refractivity contribution in [1.29, 1.82) is 0 Å². The molecule has 1 aliphatic heterocycles. The third-order valence-corrected chi connectivity index (χ3v) is 3.91. The molecule has 1 atom stereocenters. The molecule has 0 amide bonds. The van der Waals surface area contributed by atoms with Crippen LogP contribution in [0.3, 0.4) is 0 Å². The summed E-state index contributed by atoms with van der Waals surface area (Å²) in [5, 5.41) is 3.63. The van der Waals surface area contributed by atoms with Gasteiger partial charge in [0.05, 0.1) is 0 Å². The summed E-state index contributed by atoms with van der Waals surface area (Å²) in [5.74, 6) is 0. The topological polar surface area (TPSA) is 28.2 Å². The summed E-state index contributed by atoms with van der Waals surface area (Å²) in [5.41, 5.74) is 2.73. The molecule has 100 valence electrons. The predicted octanol–water partition coefficient (Wildman–Crippen LogP) is 2.35. The molecule has 0 radical (unpaired) electrons. The van der Waals surface area contributed by atoms with Crippen molar-refractivity contribution in [1.82, 2.24) is 15.2 Å². The Labute approximate surface area is 111 Å². The Bertz CT molecular complexity index is 365. The lowest BCUT2D eigenvalue weighted by Gasteiger charge is -2.29. The number of rotatable bonds is 3. The zero-order valence-corrected chi connectivity index (χ0v) is 11.7. The van der Waals surface area contributed by atoms with Gasteiger partial charge in [-0.2, -0.15) is 0 Å². The van der Waals surface area contributed by atoms with E-state index < -0.39 is 0 Å². The van der Waals surface area contributed by atoms with Crippen LogP contribution < -0.4 is 5.32 Å². The fraction of sp³-hybridized carbons (Fsp3) is 0.667. The van der Waals surface area contributed by atoms with Gasteiger partial charge in [-0.15, -0.1) is 0 Å². The molecular formula is C15H25N3. The van der Waals surface area contributed by atoms with Crippen LogP contribution in [0, 0.1) is 6.92 Å². The lowest BCUT2D eigenvalue weighted by Crippen LogP contribution is -2.39. The highest BCUT2D eigenvalue weighted by Crippen LogP contribution is 2.12. The van der Waals surface area contributed by atoms with Crippen LogP contribution in [0.2, 0.25) is 0 Å². The average molecular weight is 247 g/mol. The van der Waals surface area contributed by atoms with Crippen LogP contribution in [0.15, 0.2) is 18.5 Å². The standard InChI is InChI=1S/C15H25N3/c1-3-15-6-10-18(9-4-7-17-15)12-14-11-16-8-5-13(14)2/h5,8,11,15,17H,3-4,6-7,9-10,12H2,1-2H3. The fourth-order valence-corrected chi connectivity index (χ4v) is 2.57. The Morgan fingerprint density at radius 3 is 3.11 bits per heavy atom. The number of hydrogen-bond acceptors (Lipinski definition) is 3. The van der Waals surface area contributed by atoms with Crippen LogP contribution in [0.25, 0.3) is 0 Å². The molecule has 1 fully saturated rings. The van der Waals surface area contributed by atoms with E-state index in [1.807, 2.05) is 12.4 Å². The summed E-state index contributed by atoms with van der Waals surface area (Å²) in [6.45, 7) is 9.04. The molecule has 1 unspecified atom stereocenters. The second-order valence-electron chi connectivity index (χ2n) is 5.28. The van der Waals surface area contributed by atoms with E-state index in [1.165, 1.54) is 43.5 Å². The molecule has 0 aromatic carbocycles. The van der Waals surface area contributed by atoms with Gasteiger partial charge in [-0.25, -0.2) is 0 Å². The van der Waals surface area contributed by atoms with Crippen molar-refractivity contribution >= 4 is 0 Å². The van der Waals surface area contributed by atoms with Gasteiger partial charge in [0.15, 0.2) is 0 Å². The van der Waals surface area contributed by atoms with Gasteiger partial charge in [0.1, 0.15) is 0 Å². The second-order valence-corrected chi connectivity index (χ2v) is 5.28. The number of pyridine rings is 1. The zero-order chi connectivity index (χ0) is 12.8. The van der Waals surface area contributed by atoms with Crippen LogP contribution >= 0.6 is 0 Å². The van der Waals surface area contributed by atoms with Gasteiger partial charge in [-0.1, -0.05) is 6.92 Å². The molecule has 0 bridgehead atoms. The molecule has 0 spiro atoms. The Morgan fingerprint density at radius 2 is 2.33 bits per heavy atom. The monoisotopic (exact) mass is 247 g/mol. The quantitative estimate of drug-likeness (QED) is 0.888. The zero-order valence-electron chi connectivity index (χ0n) is 11.7. The lowest BCUT2D eigenvalue weighted by molar-refractivity contribution is 0.224. The van der Waals surface area contributed by atoms with Crippen molar-refractivity contribution in [2.75, 3.05) is 19.6 Å². The van der Waals surface area contributed by atoms with E-state index in [2.05, 4.69) is 35.1 Å². The highest BCUT2D eigenvalue weighted by atomic mass is 15.1. The van der Waals surface area contributed by atoms with E-state index in [9.17, 15) is 0 Å². The molecule has 1 aliphatic rings. The summed E-state index contributed by atoms with van der Waals surface area (Å²) in [6.07, 6.45) is 7.64. The van der Waals surface area contributed by atoms with E-state index in [0.717, 1.165) is 13.1 Å². The molecule has 0 saturated carbocycles. The molecule has 2 heterocycles. The van der Waals surface area contributed by atoms with Gasteiger partial charge in [0, 0.05) is 25.0 Å². The minimum atomic E-state index is 0.697. The van der Waals surface area contributed by atoms with Gasteiger partial charge >= 0.3 is 0 Å². The Balaban J connectivity index is 1.93. The highest BCUT2D eigenvalue weighted by molar-refractivity contribution is 5.21. The molecular weight excluding hydrogens is 222 g/mol. The second kappa shape index (κ2) is 6.86. The Morgan fingerprint density at radius 1 is 1.44 bits per heavy atom. The fourth-order valence-electron chi connectivity index (χ4n) is 2.57. The van der Waals surface area contributed by atoms with Crippen LogP contribution in [0.1, 0.15) is 37.3 Å². The highest BCUT2D eigenvalue weighted by Gasteiger charge is 2.14. The van der Waals surface area contributed by atoms with Crippen molar-refractivity contribution in [2.24, 2.45) is 0 Å². The van der Waals surface area contributed by atoms with Crippen LogP contribution in [0.4, 0.5) is 0 Å². The summed E-state index contributed by atoms with van der Waals surface area (Å²) in [4.78, 5) is 6.82. The van der Waals surface area contributed by atoms with Gasteiger partial charge in [-0.05, 0) is 63.0 Å². The Hall–Kier alpha value is -0.930. The number of hydrogen-bond donors (Lipinski definition) is 1. The number of aryl methyl sites for hydroxylation is 1. The number of nitrogens with zero attached hydrogens (tertiary/aromatic N) is 2. The third kappa shape index (κ3) is 3.79. The number of nitrogens with one attached hydrogen (secondary N) is 1. The summed E-state index contributed by atoms with van der Waals surface area (Å²) >= 11 is 0. The predicted molar refractivity (Wildman–Crippen MR) is 75.6 cm³/mol. The maximum absolute atomic E-state index is 4.25. The molecule has 3 heteroatoms. The molecule has 1 N–H and O–H groups in total. The third-order valence-electron chi connectivity index (χ3n) is 3.91. The minimum absolute atomic E-state index is 0.697. The lowest BCUT2D eigenvalue weighted by atomic mass is 10.1. The molecule has 18 heavy (non-hydrogen) atoms. The molecule has 1 saturated heterocycles. The van der Waals surface area contributed by atoms with Crippen LogP contribution in [-0.2, 0) is 6.54 Å².